The van der Waals surface area contributed by atoms with E-state index in [0.717, 1.165) is 29.2 Å². The quantitative estimate of drug-likeness (QED) is 0.535. The molecule has 3 heterocycles. The molecule has 1 saturated carbocycles. The van der Waals surface area contributed by atoms with Crippen molar-refractivity contribution >= 4 is 34.8 Å². The Balaban J connectivity index is 1.21. The molecule has 3 atom stereocenters. The number of carbonyl (C=O) groups excluding carboxylic acids is 2. The van der Waals surface area contributed by atoms with Gasteiger partial charge in [0.15, 0.2) is 5.78 Å². The monoisotopic (exact) mass is 456 g/mol. The number of benzene rings is 1. The number of ketones is 1. The zero-order valence-corrected chi connectivity index (χ0v) is 18.5. The van der Waals surface area contributed by atoms with Crippen molar-refractivity contribution < 1.29 is 14.3 Å². The van der Waals surface area contributed by atoms with Crippen molar-refractivity contribution in [3.63, 3.8) is 0 Å². The first-order valence-corrected chi connectivity index (χ1v) is 11.5. The molecule has 1 aliphatic carbocycles. The van der Waals surface area contributed by atoms with Gasteiger partial charge in [0, 0.05) is 43.4 Å². The molecule has 0 N–H and O–H groups in total. The minimum absolute atomic E-state index is 0.117. The third kappa shape index (κ3) is 3.97. The topological polar surface area (TPSA) is 77.3 Å². The number of carbonyl (C=O) groups is 2. The Morgan fingerprint density at radius 1 is 1.19 bits per heavy atom. The van der Waals surface area contributed by atoms with Crippen LogP contribution in [0.1, 0.15) is 30.3 Å². The van der Waals surface area contributed by atoms with E-state index in [0.29, 0.717) is 35.6 Å². The van der Waals surface area contributed by atoms with Gasteiger partial charge in [-0.2, -0.15) is 9.78 Å². The Bertz CT molecular complexity index is 1120. The summed E-state index contributed by atoms with van der Waals surface area (Å²) in [6.45, 7) is 2.81. The predicted molar refractivity (Wildman–Crippen MR) is 118 cm³/mol. The smallest absolute Gasteiger partial charge is 0.344 e. The fraction of sp³-hybridized carbons (Fsp3) is 0.364. The molecule has 1 amide bonds. The number of fused-ring (bicyclic) bond motifs is 1. The van der Waals surface area contributed by atoms with Crippen LogP contribution in [0.25, 0.3) is 10.6 Å². The molecule has 9 heteroatoms. The minimum Gasteiger partial charge on any atom is -0.490 e. The van der Waals surface area contributed by atoms with Gasteiger partial charge in [0.05, 0.1) is 11.1 Å². The summed E-state index contributed by atoms with van der Waals surface area (Å²) in [4.78, 5) is 30.3. The number of likely N-dealkylation sites (tertiary alicyclic amines) is 1. The predicted octanol–water partition coefficient (Wildman–Crippen LogP) is 4.62. The Kier molecular flexibility index (Phi) is 5.27. The van der Waals surface area contributed by atoms with E-state index in [4.69, 9.17) is 16.3 Å². The van der Waals surface area contributed by atoms with E-state index in [1.54, 1.807) is 29.8 Å². The van der Waals surface area contributed by atoms with E-state index in [9.17, 15) is 9.59 Å². The second-order valence-corrected chi connectivity index (χ2v) is 9.40. The number of thiazole rings is 1. The van der Waals surface area contributed by atoms with Crippen LogP contribution in [0.5, 0.6) is 5.75 Å². The van der Waals surface area contributed by atoms with Crippen molar-refractivity contribution in [2.45, 2.75) is 25.9 Å². The lowest BCUT2D eigenvalue weighted by Gasteiger charge is -2.20. The average Bonchev–Trinajstić information content (AvgIpc) is 3.52. The molecule has 5 rings (SSSR count). The molecule has 0 bridgehead atoms. The molecule has 160 valence electrons. The van der Waals surface area contributed by atoms with E-state index >= 15 is 0 Å². The van der Waals surface area contributed by atoms with Crippen LogP contribution in [-0.4, -0.2) is 50.7 Å². The summed E-state index contributed by atoms with van der Waals surface area (Å²) in [6, 6.07) is 7.10. The first kappa shape index (κ1) is 20.2. The molecule has 2 fully saturated rings. The van der Waals surface area contributed by atoms with Crippen LogP contribution in [0.2, 0.25) is 5.02 Å². The fourth-order valence-electron chi connectivity index (χ4n) is 4.55. The number of rotatable bonds is 4. The molecule has 2 aromatic heterocycles. The number of aromatic nitrogens is 3. The number of ether oxygens (including phenoxy) is 1. The zero-order chi connectivity index (χ0) is 21.5. The van der Waals surface area contributed by atoms with Gasteiger partial charge < -0.3 is 9.64 Å². The van der Waals surface area contributed by atoms with Gasteiger partial charge in [-0.3, -0.25) is 4.79 Å². The van der Waals surface area contributed by atoms with E-state index in [1.807, 2.05) is 28.5 Å². The highest BCUT2D eigenvalue weighted by Crippen LogP contribution is 2.41. The average molecular weight is 457 g/mol. The van der Waals surface area contributed by atoms with Crippen molar-refractivity contribution in [1.29, 1.82) is 0 Å². The van der Waals surface area contributed by atoms with Crippen molar-refractivity contribution in [2.75, 3.05) is 13.1 Å². The molecular formula is C22H21ClN4O3S. The van der Waals surface area contributed by atoms with Gasteiger partial charge >= 0.3 is 6.03 Å². The lowest BCUT2D eigenvalue weighted by atomic mass is 10.0. The van der Waals surface area contributed by atoms with Crippen LogP contribution in [0, 0.1) is 11.8 Å². The van der Waals surface area contributed by atoms with Gasteiger partial charge in [0.1, 0.15) is 16.5 Å². The third-order valence-corrected chi connectivity index (χ3v) is 7.16. The van der Waals surface area contributed by atoms with Crippen molar-refractivity contribution in [3.05, 3.63) is 52.8 Å². The molecule has 7 nitrogen and oxygen atoms in total. The molecule has 2 aliphatic rings. The lowest BCUT2D eigenvalue weighted by molar-refractivity contribution is 0.101. The third-order valence-electron chi connectivity index (χ3n) is 6.03. The summed E-state index contributed by atoms with van der Waals surface area (Å²) < 4.78 is 7.54. The summed E-state index contributed by atoms with van der Waals surface area (Å²) in [5.74, 6) is 1.45. The van der Waals surface area contributed by atoms with E-state index in [2.05, 4.69) is 10.1 Å². The van der Waals surface area contributed by atoms with Gasteiger partial charge in [-0.25, -0.2) is 9.78 Å². The molecular weight excluding hydrogens is 436 g/mol. The Morgan fingerprint density at radius 3 is 2.61 bits per heavy atom. The van der Waals surface area contributed by atoms with Crippen LogP contribution < -0.4 is 4.74 Å². The summed E-state index contributed by atoms with van der Waals surface area (Å²) in [7, 11) is 0. The van der Waals surface area contributed by atoms with Crippen molar-refractivity contribution in [3.8, 4) is 16.3 Å². The standard InChI is InChI=1S/C22H21ClN4O3S/c1-13(28)20-4-6-27(25-20)22(29)26-11-14-8-17(9-15(14)12-26)30-16-2-3-19(23)18(10-16)21-24-5-7-31-21/h2-7,10,14-15,17H,8-9,11-12H2,1H3/t14-,15+,17+. The van der Waals surface area contributed by atoms with E-state index in [-0.39, 0.29) is 17.9 Å². The van der Waals surface area contributed by atoms with Gasteiger partial charge in [-0.05, 0) is 48.9 Å². The Morgan fingerprint density at radius 2 is 1.97 bits per heavy atom. The van der Waals surface area contributed by atoms with Gasteiger partial charge in [-0.15, -0.1) is 11.3 Å². The highest BCUT2D eigenvalue weighted by Gasteiger charge is 2.43. The summed E-state index contributed by atoms with van der Waals surface area (Å²) in [6.07, 6.45) is 5.24. The maximum absolute atomic E-state index is 12.7. The number of hydrogen-bond acceptors (Lipinski definition) is 6. The van der Waals surface area contributed by atoms with E-state index in [1.165, 1.54) is 11.6 Å². The van der Waals surface area contributed by atoms with Gasteiger partial charge in [-0.1, -0.05) is 11.6 Å². The maximum Gasteiger partial charge on any atom is 0.344 e. The van der Waals surface area contributed by atoms with Crippen LogP contribution in [-0.2, 0) is 0 Å². The molecule has 1 aromatic carbocycles. The number of hydrogen-bond donors (Lipinski definition) is 0. The second kappa shape index (κ2) is 8.09. The van der Waals surface area contributed by atoms with Crippen molar-refractivity contribution in [1.82, 2.24) is 19.7 Å². The number of Topliss-reactive ketones (excluding diaryl/α,β-unsaturated/α-hetero) is 1. The normalized spacial score (nSPS) is 22.5. The molecule has 3 aromatic rings. The Hall–Kier alpha value is -2.71. The van der Waals surface area contributed by atoms with E-state index < -0.39 is 0 Å². The molecule has 31 heavy (non-hydrogen) atoms. The van der Waals surface area contributed by atoms with Gasteiger partial charge in [0.25, 0.3) is 0 Å². The highest BCUT2D eigenvalue weighted by atomic mass is 35.5. The lowest BCUT2D eigenvalue weighted by Crippen LogP contribution is -2.34. The Labute approximate surface area is 188 Å². The minimum atomic E-state index is -0.176. The first-order valence-electron chi connectivity index (χ1n) is 10.2. The number of amides is 1. The maximum atomic E-state index is 12.7. The second-order valence-electron chi connectivity index (χ2n) is 8.10. The SMILES string of the molecule is CC(=O)c1ccn(C(=O)N2C[C@H]3C[C@H](Oc4ccc(Cl)c(-c5nccs5)c4)C[C@H]3C2)n1. The molecule has 1 aliphatic heterocycles. The molecule has 0 unspecified atom stereocenters. The highest BCUT2D eigenvalue weighted by molar-refractivity contribution is 7.13. The van der Waals surface area contributed by atoms with Crippen LogP contribution in [0.3, 0.4) is 0 Å². The summed E-state index contributed by atoms with van der Waals surface area (Å²) in [5, 5.41) is 7.55. The summed E-state index contributed by atoms with van der Waals surface area (Å²) >= 11 is 7.89. The number of nitrogens with zero attached hydrogens (tertiary/aromatic N) is 4. The number of halogens is 1. The first-order chi connectivity index (χ1) is 15.0. The van der Waals surface area contributed by atoms with Crippen LogP contribution in [0.15, 0.2) is 42.0 Å². The largest absolute Gasteiger partial charge is 0.490 e. The van der Waals surface area contributed by atoms with Gasteiger partial charge in [0.2, 0.25) is 0 Å². The molecule has 0 radical (unpaired) electrons. The molecule has 0 spiro atoms. The van der Waals surface area contributed by atoms with Crippen LogP contribution in [0.4, 0.5) is 4.79 Å². The van der Waals surface area contributed by atoms with Crippen molar-refractivity contribution in [2.24, 2.45) is 11.8 Å². The molecule has 1 saturated heterocycles. The summed E-state index contributed by atoms with van der Waals surface area (Å²) in [5.41, 5.74) is 1.19. The van der Waals surface area contributed by atoms with Crippen LogP contribution >= 0.6 is 22.9 Å². The fourth-order valence-corrected chi connectivity index (χ4v) is 5.48. The zero-order valence-electron chi connectivity index (χ0n) is 16.9.